The zero-order valence-electron chi connectivity index (χ0n) is 16.6. The molecule has 0 aliphatic heterocycles. The Hall–Kier alpha value is -2.93. The Morgan fingerprint density at radius 2 is 0.867 bits per heavy atom. The minimum absolute atomic E-state index is 0.765. The van der Waals surface area contributed by atoms with Gasteiger partial charge >= 0.3 is 0 Å². The molecule has 0 fully saturated rings. The summed E-state index contributed by atoms with van der Waals surface area (Å²) in [7, 11) is -1.98. The third kappa shape index (κ3) is 4.79. The molecule has 0 spiro atoms. The third-order valence-electron chi connectivity index (χ3n) is 4.64. The maximum atomic E-state index is 8.89. The lowest BCUT2D eigenvalue weighted by Gasteiger charge is -2.27. The van der Waals surface area contributed by atoms with Crippen LogP contribution in [-0.2, 0) is 4.79 Å². The van der Waals surface area contributed by atoms with E-state index in [-0.39, 0.29) is 0 Å². The first-order valence-electron chi connectivity index (χ1n) is 9.55. The van der Waals surface area contributed by atoms with Gasteiger partial charge in [0.1, 0.15) is 28.5 Å². The highest BCUT2D eigenvalue weighted by molar-refractivity contribution is 8.01. The lowest BCUT2D eigenvalue weighted by atomic mass is 10.3. The van der Waals surface area contributed by atoms with Crippen molar-refractivity contribution in [3.05, 3.63) is 120 Å². The lowest BCUT2D eigenvalue weighted by Crippen LogP contribution is -2.38. The monoisotopic (exact) mass is 432 g/mol. The number of benzene rings is 4. The largest absolute Gasteiger partial charge is 0.550 e. The van der Waals surface area contributed by atoms with E-state index in [0.29, 0.717) is 0 Å². The van der Waals surface area contributed by atoms with Gasteiger partial charge in [0, 0.05) is 11.0 Å². The van der Waals surface area contributed by atoms with Crippen LogP contribution in [0.25, 0.3) is 0 Å². The molecule has 0 saturated heterocycles. The first-order chi connectivity index (χ1) is 14.5. The molecule has 0 aromatic heterocycles. The summed E-state index contributed by atoms with van der Waals surface area (Å²) in [6.45, 7) is 0.972. The summed E-state index contributed by atoms with van der Waals surface area (Å²) >= 11 is 6.21. The molecule has 0 N–H and O–H groups in total. The second-order valence-corrected chi connectivity index (χ2v) is 10.5. The van der Waals surface area contributed by atoms with Crippen molar-refractivity contribution >= 4 is 46.1 Å². The summed E-state index contributed by atoms with van der Waals surface area (Å²) < 4.78 is 0. The van der Waals surface area contributed by atoms with Crippen molar-refractivity contribution in [1.82, 2.24) is 0 Å². The van der Waals surface area contributed by atoms with E-state index in [4.69, 9.17) is 21.5 Å². The van der Waals surface area contributed by atoms with Crippen LogP contribution in [0.4, 0.5) is 0 Å². The number of rotatable bonds is 4. The van der Waals surface area contributed by atoms with Gasteiger partial charge in [-0.3, -0.25) is 0 Å². The van der Waals surface area contributed by atoms with Crippen LogP contribution in [0.2, 0.25) is 5.02 Å². The van der Waals surface area contributed by atoms with Crippen molar-refractivity contribution in [2.45, 2.75) is 6.92 Å². The summed E-state index contributed by atoms with van der Waals surface area (Å²) in [5.41, 5.74) is 0. The molecule has 4 rings (SSSR count). The molecule has 4 heteroatoms. The van der Waals surface area contributed by atoms with Crippen LogP contribution >= 0.6 is 18.9 Å². The Kier molecular flexibility index (Phi) is 7.41. The van der Waals surface area contributed by atoms with Gasteiger partial charge in [-0.25, -0.2) is 0 Å². The van der Waals surface area contributed by atoms with E-state index in [2.05, 4.69) is 103 Å². The Morgan fingerprint density at radius 1 is 0.600 bits per heavy atom. The number of aliphatic carboxylic acids is 1. The zero-order valence-corrected chi connectivity index (χ0v) is 18.3. The van der Waals surface area contributed by atoms with Crippen molar-refractivity contribution in [3.8, 4) is 0 Å². The summed E-state index contributed by atoms with van der Waals surface area (Å²) in [4.78, 5) is 8.89. The number of halogens is 1. The molecule has 0 aliphatic rings. The molecule has 0 atom stereocenters. The standard InChI is InChI=1S/C24H19ClP.C2H4O2/c25-20-16-18-24(19-17-20)26(21-10-4-1-5-11-21,22-12-6-2-7-13-22)23-14-8-3-9-15-23;1-2(3)4/h1-19H;1H3,(H,3,4)/q+1;/p-1. The van der Waals surface area contributed by atoms with E-state index in [1.54, 1.807) is 0 Å². The Labute approximate surface area is 183 Å². The Balaban J connectivity index is 0.000000589. The average molecular weight is 433 g/mol. The first-order valence-corrected chi connectivity index (χ1v) is 11.7. The van der Waals surface area contributed by atoms with Crippen LogP contribution in [0.15, 0.2) is 115 Å². The van der Waals surface area contributed by atoms with Gasteiger partial charge in [0.05, 0.1) is 0 Å². The fourth-order valence-corrected chi connectivity index (χ4v) is 7.88. The molecule has 150 valence electrons. The molecule has 0 unspecified atom stereocenters. The molecule has 0 heterocycles. The van der Waals surface area contributed by atoms with Crippen LogP contribution in [0.1, 0.15) is 6.92 Å². The molecule has 30 heavy (non-hydrogen) atoms. The fourth-order valence-electron chi connectivity index (χ4n) is 3.51. The molecule has 0 saturated carbocycles. The quantitative estimate of drug-likeness (QED) is 0.461. The molecule has 4 aromatic carbocycles. The second-order valence-electron chi connectivity index (χ2n) is 6.65. The number of carboxylic acids is 1. The molecule has 4 aromatic rings. The molecule has 0 radical (unpaired) electrons. The maximum absolute atomic E-state index is 8.89. The summed E-state index contributed by atoms with van der Waals surface area (Å²) in [5.74, 6) is -1.08. The number of hydrogen-bond acceptors (Lipinski definition) is 2. The molecular formula is C26H22ClO2P. The molecule has 0 bridgehead atoms. The van der Waals surface area contributed by atoms with Gasteiger partial charge in [-0.1, -0.05) is 66.2 Å². The highest BCUT2D eigenvalue weighted by atomic mass is 35.5. The van der Waals surface area contributed by atoms with Gasteiger partial charge in [-0.2, -0.15) is 0 Å². The van der Waals surface area contributed by atoms with Crippen LogP contribution in [0.3, 0.4) is 0 Å². The number of hydrogen-bond donors (Lipinski definition) is 0. The van der Waals surface area contributed by atoms with Crippen molar-refractivity contribution in [2.75, 3.05) is 0 Å². The van der Waals surface area contributed by atoms with Gasteiger partial charge in [-0.05, 0) is 67.6 Å². The van der Waals surface area contributed by atoms with Crippen molar-refractivity contribution in [3.63, 3.8) is 0 Å². The lowest BCUT2D eigenvalue weighted by molar-refractivity contribution is -0.302. The predicted octanol–water partition coefficient (Wildman–Crippen LogP) is 3.72. The van der Waals surface area contributed by atoms with Gasteiger partial charge < -0.3 is 9.90 Å². The van der Waals surface area contributed by atoms with Crippen molar-refractivity contribution in [1.29, 1.82) is 0 Å². The third-order valence-corrected chi connectivity index (χ3v) is 9.19. The topological polar surface area (TPSA) is 40.1 Å². The molecule has 2 nitrogen and oxygen atoms in total. The van der Waals surface area contributed by atoms with Gasteiger partial charge in [-0.15, -0.1) is 0 Å². The second kappa shape index (κ2) is 10.2. The smallest absolute Gasteiger partial charge is 0.144 e. The Bertz CT molecular complexity index is 966. The summed E-state index contributed by atoms with van der Waals surface area (Å²) in [6, 6.07) is 40.9. The van der Waals surface area contributed by atoms with Crippen LogP contribution in [0.5, 0.6) is 0 Å². The summed E-state index contributed by atoms with van der Waals surface area (Å²) in [5, 5.41) is 15.0. The van der Waals surface area contributed by atoms with Crippen molar-refractivity contribution < 1.29 is 9.90 Å². The Morgan fingerprint density at radius 3 is 1.17 bits per heavy atom. The minimum atomic E-state index is -1.98. The SMILES string of the molecule is CC(=O)[O-].Clc1ccc([P+](c2ccccc2)(c2ccccc2)c2ccccc2)cc1. The van der Waals surface area contributed by atoms with E-state index < -0.39 is 13.2 Å². The maximum Gasteiger partial charge on any atom is 0.144 e. The average Bonchev–Trinajstić information content (AvgIpc) is 2.77. The molecular weight excluding hydrogens is 411 g/mol. The number of carbonyl (C=O) groups is 1. The molecule has 0 aliphatic carbocycles. The van der Waals surface area contributed by atoms with Crippen LogP contribution in [-0.4, -0.2) is 5.97 Å². The van der Waals surface area contributed by atoms with Gasteiger partial charge in [0.25, 0.3) is 0 Å². The van der Waals surface area contributed by atoms with E-state index >= 15 is 0 Å². The summed E-state index contributed by atoms with van der Waals surface area (Å²) in [6.07, 6.45) is 0. The minimum Gasteiger partial charge on any atom is -0.550 e. The van der Waals surface area contributed by atoms with E-state index in [1.807, 2.05) is 12.1 Å². The van der Waals surface area contributed by atoms with Gasteiger partial charge in [0.2, 0.25) is 0 Å². The van der Waals surface area contributed by atoms with E-state index in [9.17, 15) is 0 Å². The van der Waals surface area contributed by atoms with Crippen LogP contribution < -0.4 is 26.3 Å². The number of carboxylic acid groups (broad SMARTS) is 1. The molecule has 0 amide bonds. The predicted molar refractivity (Wildman–Crippen MR) is 127 cm³/mol. The van der Waals surface area contributed by atoms with Gasteiger partial charge in [0.15, 0.2) is 0 Å². The highest BCUT2D eigenvalue weighted by Gasteiger charge is 2.47. The zero-order chi connectivity index (χ0) is 21.4. The van der Waals surface area contributed by atoms with E-state index in [1.165, 1.54) is 21.2 Å². The van der Waals surface area contributed by atoms with E-state index in [0.717, 1.165) is 11.9 Å². The normalized spacial score (nSPS) is 10.6. The number of carbonyl (C=O) groups excluding carboxylic acids is 1. The van der Waals surface area contributed by atoms with Crippen LogP contribution in [0, 0.1) is 0 Å². The van der Waals surface area contributed by atoms with Crippen molar-refractivity contribution in [2.24, 2.45) is 0 Å². The highest BCUT2D eigenvalue weighted by Crippen LogP contribution is 2.54. The fraction of sp³-hybridized carbons (Fsp3) is 0.0385. The first kappa shape index (κ1) is 21.8.